The van der Waals surface area contributed by atoms with Crippen LogP contribution < -0.4 is 9.80 Å². The summed E-state index contributed by atoms with van der Waals surface area (Å²) in [6.45, 7) is 3.07. The minimum Gasteiger partial charge on any atom is -0.353 e. The van der Waals surface area contributed by atoms with E-state index in [1.54, 1.807) is 16.5 Å². The summed E-state index contributed by atoms with van der Waals surface area (Å²) in [5.74, 6) is 1.70. The molecular formula is C15H15F3N8. The average molecular weight is 364 g/mol. The van der Waals surface area contributed by atoms with E-state index in [4.69, 9.17) is 0 Å². The van der Waals surface area contributed by atoms with Crippen molar-refractivity contribution in [2.24, 2.45) is 0 Å². The first-order valence-electron chi connectivity index (χ1n) is 7.89. The van der Waals surface area contributed by atoms with Gasteiger partial charge in [-0.05, 0) is 19.1 Å². The number of halogens is 3. The molecule has 0 unspecified atom stereocenters. The van der Waals surface area contributed by atoms with Crippen LogP contribution in [-0.2, 0) is 6.18 Å². The van der Waals surface area contributed by atoms with Crippen LogP contribution in [0.25, 0.3) is 5.65 Å². The van der Waals surface area contributed by atoms with Gasteiger partial charge in [-0.15, -0.1) is 15.3 Å². The fraction of sp³-hybridized carbons (Fsp3) is 0.400. The molecule has 1 saturated heterocycles. The Hall–Kier alpha value is -2.98. The molecule has 4 rings (SSSR count). The summed E-state index contributed by atoms with van der Waals surface area (Å²) in [6, 6.07) is 4.68. The normalized spacial score (nSPS) is 15.3. The third-order valence-corrected chi connectivity index (χ3v) is 4.44. The van der Waals surface area contributed by atoms with Crippen molar-refractivity contribution in [2.45, 2.75) is 19.1 Å². The van der Waals surface area contributed by atoms with Gasteiger partial charge in [0, 0.05) is 26.2 Å². The zero-order valence-corrected chi connectivity index (χ0v) is 14.0. The highest BCUT2D eigenvalue weighted by Crippen LogP contribution is 2.30. The van der Waals surface area contributed by atoms with Crippen LogP contribution in [0.3, 0.4) is 0 Å². The molecule has 3 aromatic heterocycles. The fourth-order valence-corrected chi connectivity index (χ4v) is 2.82. The minimum absolute atomic E-state index is 0.0329. The predicted octanol–water partition coefficient (Wildman–Crippen LogP) is 1.57. The van der Waals surface area contributed by atoms with Crippen LogP contribution in [0.5, 0.6) is 0 Å². The number of hydrogen-bond acceptors (Lipinski definition) is 7. The van der Waals surface area contributed by atoms with Crippen molar-refractivity contribution < 1.29 is 13.2 Å². The second-order valence-corrected chi connectivity index (χ2v) is 6.14. The van der Waals surface area contributed by atoms with Crippen LogP contribution in [0, 0.1) is 6.92 Å². The second kappa shape index (κ2) is 5.78. The van der Waals surface area contributed by atoms with E-state index in [9.17, 15) is 13.2 Å². The molecule has 11 heteroatoms. The van der Waals surface area contributed by atoms with Gasteiger partial charge in [-0.3, -0.25) is 0 Å². The molecule has 0 saturated carbocycles. The van der Waals surface area contributed by atoms with E-state index in [2.05, 4.69) is 25.3 Å². The molecule has 0 radical (unpaired) electrons. The molecule has 0 N–H and O–H groups in total. The number of likely N-dealkylation sites (N-methyl/N-ethyl adjacent to an activating group) is 1. The number of anilines is 2. The Kier molecular flexibility index (Phi) is 3.67. The molecule has 26 heavy (non-hydrogen) atoms. The van der Waals surface area contributed by atoms with Crippen molar-refractivity contribution in [3.05, 3.63) is 36.0 Å². The molecule has 0 spiro atoms. The van der Waals surface area contributed by atoms with Gasteiger partial charge >= 0.3 is 6.18 Å². The van der Waals surface area contributed by atoms with Crippen molar-refractivity contribution in [1.82, 2.24) is 29.8 Å². The van der Waals surface area contributed by atoms with Gasteiger partial charge in [0.05, 0.1) is 6.04 Å². The lowest BCUT2D eigenvalue weighted by atomic mass is 10.1. The number of aromatic nitrogens is 6. The molecule has 8 nitrogen and oxygen atoms in total. The van der Waals surface area contributed by atoms with Gasteiger partial charge in [0.25, 0.3) is 0 Å². The van der Waals surface area contributed by atoms with Crippen molar-refractivity contribution in [1.29, 1.82) is 0 Å². The first-order valence-corrected chi connectivity index (χ1v) is 7.89. The smallest absolute Gasteiger partial charge is 0.353 e. The number of alkyl halides is 3. The molecule has 0 amide bonds. The second-order valence-electron chi connectivity index (χ2n) is 6.14. The Bertz CT molecular complexity index is 947. The number of hydrogen-bond donors (Lipinski definition) is 0. The topological polar surface area (TPSA) is 75.3 Å². The van der Waals surface area contributed by atoms with Gasteiger partial charge in [-0.2, -0.15) is 17.7 Å². The van der Waals surface area contributed by atoms with E-state index in [-0.39, 0.29) is 11.9 Å². The van der Waals surface area contributed by atoms with E-state index in [1.807, 2.05) is 24.0 Å². The van der Waals surface area contributed by atoms with Crippen molar-refractivity contribution >= 4 is 17.3 Å². The first-order chi connectivity index (χ1) is 12.3. The monoisotopic (exact) mass is 364 g/mol. The van der Waals surface area contributed by atoms with Crippen molar-refractivity contribution in [2.75, 3.05) is 29.9 Å². The zero-order chi connectivity index (χ0) is 18.5. The highest BCUT2D eigenvalue weighted by Gasteiger charge is 2.35. The lowest BCUT2D eigenvalue weighted by Gasteiger charge is -2.44. The Labute approximate surface area is 146 Å². The lowest BCUT2D eigenvalue weighted by molar-refractivity contribution is -0.141. The highest BCUT2D eigenvalue weighted by molar-refractivity contribution is 5.50. The molecule has 0 aliphatic carbocycles. The fourth-order valence-electron chi connectivity index (χ4n) is 2.82. The molecule has 0 bridgehead atoms. The Morgan fingerprint density at radius 3 is 2.65 bits per heavy atom. The summed E-state index contributed by atoms with van der Waals surface area (Å²) in [4.78, 5) is 11.0. The number of aryl methyl sites for hydroxylation is 1. The van der Waals surface area contributed by atoms with Crippen LogP contribution in [0.1, 0.15) is 11.5 Å². The standard InChI is InChI=1S/C15H15F3N8/c1-9-21-22-12-3-4-13(23-26(9)12)25-6-10(7-25)24(2)14-5-11(15(16,17)18)19-8-20-14/h3-5,8,10H,6-7H2,1-2H3. The summed E-state index contributed by atoms with van der Waals surface area (Å²) < 4.78 is 40.1. The largest absolute Gasteiger partial charge is 0.433 e. The predicted molar refractivity (Wildman–Crippen MR) is 87.0 cm³/mol. The van der Waals surface area contributed by atoms with Crippen molar-refractivity contribution in [3.8, 4) is 0 Å². The maximum absolute atomic E-state index is 12.8. The van der Waals surface area contributed by atoms with Crippen molar-refractivity contribution in [3.63, 3.8) is 0 Å². The van der Waals surface area contributed by atoms with Crippen LogP contribution >= 0.6 is 0 Å². The van der Waals surface area contributed by atoms with Crippen LogP contribution in [0.15, 0.2) is 24.5 Å². The summed E-state index contributed by atoms with van der Waals surface area (Å²) in [5.41, 5.74) is -0.276. The summed E-state index contributed by atoms with van der Waals surface area (Å²) in [7, 11) is 1.73. The van der Waals surface area contributed by atoms with Crippen LogP contribution in [-0.4, -0.2) is 56.0 Å². The Morgan fingerprint density at radius 2 is 1.92 bits per heavy atom. The molecule has 0 atom stereocenters. The van der Waals surface area contributed by atoms with Gasteiger partial charge in [-0.1, -0.05) is 0 Å². The number of fused-ring (bicyclic) bond motifs is 1. The Morgan fingerprint density at radius 1 is 1.15 bits per heavy atom. The third-order valence-electron chi connectivity index (χ3n) is 4.44. The third kappa shape index (κ3) is 2.78. The number of nitrogens with zero attached hydrogens (tertiary/aromatic N) is 8. The summed E-state index contributed by atoms with van der Waals surface area (Å²) in [6.07, 6.45) is -3.55. The summed E-state index contributed by atoms with van der Waals surface area (Å²) >= 11 is 0. The molecule has 1 aliphatic heterocycles. The maximum atomic E-state index is 12.8. The Balaban J connectivity index is 1.47. The van der Waals surface area contributed by atoms with E-state index in [0.29, 0.717) is 24.6 Å². The highest BCUT2D eigenvalue weighted by atomic mass is 19.4. The van der Waals surface area contributed by atoms with E-state index < -0.39 is 11.9 Å². The van der Waals surface area contributed by atoms with Gasteiger partial charge in [0.1, 0.15) is 23.7 Å². The molecule has 136 valence electrons. The molecule has 4 heterocycles. The molecule has 0 aromatic carbocycles. The molecule has 1 fully saturated rings. The van der Waals surface area contributed by atoms with Gasteiger partial charge in [0.15, 0.2) is 11.5 Å². The quantitative estimate of drug-likeness (QED) is 0.698. The lowest BCUT2D eigenvalue weighted by Crippen LogP contribution is -2.59. The maximum Gasteiger partial charge on any atom is 0.433 e. The van der Waals surface area contributed by atoms with Crippen LogP contribution in [0.2, 0.25) is 0 Å². The van der Waals surface area contributed by atoms with Crippen LogP contribution in [0.4, 0.5) is 24.8 Å². The van der Waals surface area contributed by atoms with Gasteiger partial charge in [0.2, 0.25) is 0 Å². The van der Waals surface area contributed by atoms with E-state index in [0.717, 1.165) is 18.2 Å². The molecule has 3 aromatic rings. The van der Waals surface area contributed by atoms with E-state index in [1.165, 1.54) is 0 Å². The molecule has 1 aliphatic rings. The molecular weight excluding hydrogens is 349 g/mol. The minimum atomic E-state index is -4.49. The van der Waals surface area contributed by atoms with Gasteiger partial charge in [-0.25, -0.2) is 9.97 Å². The average Bonchev–Trinajstić information content (AvgIpc) is 2.94. The number of rotatable bonds is 3. The summed E-state index contributed by atoms with van der Waals surface area (Å²) in [5, 5.41) is 12.5. The van der Waals surface area contributed by atoms with E-state index >= 15 is 0 Å². The zero-order valence-electron chi connectivity index (χ0n) is 14.0. The first kappa shape index (κ1) is 16.5. The van der Waals surface area contributed by atoms with Gasteiger partial charge < -0.3 is 9.80 Å². The SMILES string of the molecule is Cc1nnc2ccc(N3CC(N(C)c4cc(C(F)(F)F)ncn4)C3)nn12.